The number of aromatic nitrogens is 4. The molecule has 8 nitrogen and oxygen atoms in total. The molecule has 0 radical (unpaired) electrons. The Kier molecular flexibility index (Phi) is 5.18. The highest BCUT2D eigenvalue weighted by molar-refractivity contribution is 5.78. The monoisotopic (exact) mass is 414 g/mol. The number of hydrogen-bond donors (Lipinski definition) is 2. The number of likely N-dealkylation sites (tertiary alicyclic amines) is 1. The highest BCUT2D eigenvalue weighted by Crippen LogP contribution is 2.27. The summed E-state index contributed by atoms with van der Waals surface area (Å²) in [5, 5.41) is 3.47. The van der Waals surface area contributed by atoms with Gasteiger partial charge in [0.25, 0.3) is 0 Å². The first-order valence-corrected chi connectivity index (χ1v) is 10.2. The van der Waals surface area contributed by atoms with Gasteiger partial charge in [0.05, 0.1) is 11.9 Å². The minimum atomic E-state index is -0.293. The van der Waals surface area contributed by atoms with Crippen molar-refractivity contribution in [1.29, 1.82) is 0 Å². The number of pyridine rings is 1. The average Bonchev–Trinajstić information content (AvgIpc) is 3.48. The van der Waals surface area contributed by atoms with E-state index in [0.29, 0.717) is 13.1 Å². The van der Waals surface area contributed by atoms with Gasteiger partial charge in [0.1, 0.15) is 17.9 Å². The van der Waals surface area contributed by atoms with E-state index in [-0.39, 0.29) is 18.7 Å². The van der Waals surface area contributed by atoms with E-state index in [9.17, 15) is 4.79 Å². The van der Waals surface area contributed by atoms with Crippen LogP contribution in [0.5, 0.6) is 0 Å². The smallest absolute Gasteiger partial charge is 0.410 e. The van der Waals surface area contributed by atoms with Crippen molar-refractivity contribution in [3.8, 4) is 11.3 Å². The fraction of sp³-hybridized carbons (Fsp3) is 0.217. The minimum Gasteiger partial charge on any atom is -0.445 e. The number of H-pyrrole nitrogens is 1. The molecule has 5 rings (SSSR count). The predicted octanol–water partition coefficient (Wildman–Crippen LogP) is 3.84. The number of aromatic amines is 1. The van der Waals surface area contributed by atoms with Gasteiger partial charge >= 0.3 is 6.09 Å². The van der Waals surface area contributed by atoms with Crippen molar-refractivity contribution in [2.75, 3.05) is 18.4 Å². The molecule has 3 aromatic heterocycles. The molecule has 4 aromatic rings. The summed E-state index contributed by atoms with van der Waals surface area (Å²) in [6.45, 7) is 1.48. The number of amides is 1. The van der Waals surface area contributed by atoms with Gasteiger partial charge in [-0.3, -0.25) is 0 Å². The third kappa shape index (κ3) is 4.18. The Hall–Kier alpha value is -3.94. The molecule has 1 amide bonds. The van der Waals surface area contributed by atoms with E-state index in [2.05, 4.69) is 25.3 Å². The molecule has 2 N–H and O–H groups in total. The number of anilines is 1. The maximum atomic E-state index is 12.4. The van der Waals surface area contributed by atoms with E-state index in [4.69, 9.17) is 4.74 Å². The van der Waals surface area contributed by atoms with Gasteiger partial charge in [-0.1, -0.05) is 30.3 Å². The number of fused-ring (bicyclic) bond motifs is 1. The van der Waals surface area contributed by atoms with Crippen LogP contribution < -0.4 is 5.32 Å². The fourth-order valence-electron chi connectivity index (χ4n) is 3.73. The molecule has 0 bridgehead atoms. The van der Waals surface area contributed by atoms with E-state index in [0.717, 1.165) is 40.2 Å². The standard InChI is InChI=1S/C23H22N6O2/c30-23(31-15-16-5-2-1-3-6-16)29-12-9-17(14-29)27-21-18(7-4-10-24-21)20-13-26-22-19(28-20)8-11-25-22/h1-8,10-11,13,17H,9,12,14-15H2,(H,24,27)(H,25,26)/t17-/m1/s1. The average molecular weight is 414 g/mol. The second-order valence-electron chi connectivity index (χ2n) is 7.48. The van der Waals surface area contributed by atoms with Crippen molar-refractivity contribution < 1.29 is 9.53 Å². The van der Waals surface area contributed by atoms with Crippen molar-refractivity contribution in [3.05, 3.63) is 72.7 Å². The topological polar surface area (TPSA) is 96.0 Å². The van der Waals surface area contributed by atoms with E-state index in [1.54, 1.807) is 17.3 Å². The van der Waals surface area contributed by atoms with Gasteiger partial charge in [-0.25, -0.2) is 19.7 Å². The van der Waals surface area contributed by atoms with Crippen molar-refractivity contribution >= 4 is 23.1 Å². The number of ether oxygens (including phenoxy) is 1. The highest BCUT2D eigenvalue weighted by atomic mass is 16.6. The molecule has 0 unspecified atom stereocenters. The summed E-state index contributed by atoms with van der Waals surface area (Å²) >= 11 is 0. The third-order valence-corrected chi connectivity index (χ3v) is 5.34. The van der Waals surface area contributed by atoms with Crippen molar-refractivity contribution in [2.45, 2.75) is 19.1 Å². The zero-order chi connectivity index (χ0) is 21.0. The summed E-state index contributed by atoms with van der Waals surface area (Å²) in [4.78, 5) is 30.8. The molecule has 1 aliphatic heterocycles. The van der Waals surface area contributed by atoms with E-state index in [1.165, 1.54) is 0 Å². The molecule has 1 saturated heterocycles. The Balaban J connectivity index is 1.24. The molecular weight excluding hydrogens is 392 g/mol. The lowest BCUT2D eigenvalue weighted by molar-refractivity contribution is 0.104. The highest BCUT2D eigenvalue weighted by Gasteiger charge is 2.28. The van der Waals surface area contributed by atoms with Crippen LogP contribution in [0.2, 0.25) is 0 Å². The van der Waals surface area contributed by atoms with E-state index in [1.807, 2.05) is 54.7 Å². The van der Waals surface area contributed by atoms with Crippen LogP contribution in [0.1, 0.15) is 12.0 Å². The summed E-state index contributed by atoms with van der Waals surface area (Å²) in [5.41, 5.74) is 4.16. The first-order chi connectivity index (χ1) is 15.3. The fourth-order valence-corrected chi connectivity index (χ4v) is 3.73. The number of nitrogens with zero attached hydrogens (tertiary/aromatic N) is 4. The normalized spacial score (nSPS) is 15.9. The number of carbonyl (C=O) groups excluding carboxylic acids is 1. The quantitative estimate of drug-likeness (QED) is 0.515. The number of benzene rings is 1. The molecule has 1 aliphatic rings. The SMILES string of the molecule is O=C(OCc1ccccc1)N1CC[C@@H](Nc2ncccc2-c2cnc3[nH]ccc3n2)C1. The molecule has 0 aliphatic carbocycles. The Labute approximate surface area is 179 Å². The summed E-state index contributed by atoms with van der Waals surface area (Å²) in [7, 11) is 0. The van der Waals surface area contributed by atoms with Gasteiger partial charge in [0.2, 0.25) is 0 Å². The van der Waals surface area contributed by atoms with Gasteiger partial charge < -0.3 is 19.9 Å². The van der Waals surface area contributed by atoms with Crippen LogP contribution in [0.15, 0.2) is 67.1 Å². The molecule has 1 fully saturated rings. The predicted molar refractivity (Wildman–Crippen MR) is 117 cm³/mol. The number of hydrogen-bond acceptors (Lipinski definition) is 6. The molecule has 8 heteroatoms. The number of rotatable bonds is 5. The van der Waals surface area contributed by atoms with Crippen LogP contribution in [0.3, 0.4) is 0 Å². The Morgan fingerprint density at radius 2 is 2.06 bits per heavy atom. The van der Waals surface area contributed by atoms with Gasteiger partial charge in [0, 0.05) is 37.1 Å². The molecular formula is C23H22N6O2. The van der Waals surface area contributed by atoms with Crippen LogP contribution in [0.4, 0.5) is 10.6 Å². The largest absolute Gasteiger partial charge is 0.445 e. The zero-order valence-electron chi connectivity index (χ0n) is 16.9. The molecule has 1 atom stereocenters. The van der Waals surface area contributed by atoms with Crippen LogP contribution >= 0.6 is 0 Å². The van der Waals surface area contributed by atoms with Crippen LogP contribution in [0.25, 0.3) is 22.4 Å². The summed E-state index contributed by atoms with van der Waals surface area (Å²) in [6, 6.07) is 15.5. The zero-order valence-corrected chi connectivity index (χ0v) is 16.9. The third-order valence-electron chi connectivity index (χ3n) is 5.34. The minimum absolute atomic E-state index is 0.0851. The molecule has 4 heterocycles. The second-order valence-corrected chi connectivity index (χ2v) is 7.48. The first-order valence-electron chi connectivity index (χ1n) is 10.2. The van der Waals surface area contributed by atoms with Gasteiger partial charge in [-0.2, -0.15) is 0 Å². The number of carbonyl (C=O) groups is 1. The summed E-state index contributed by atoms with van der Waals surface area (Å²) in [5.74, 6) is 0.733. The lowest BCUT2D eigenvalue weighted by Gasteiger charge is -2.18. The maximum absolute atomic E-state index is 12.4. The lowest BCUT2D eigenvalue weighted by atomic mass is 10.1. The van der Waals surface area contributed by atoms with Crippen LogP contribution in [-0.2, 0) is 11.3 Å². The summed E-state index contributed by atoms with van der Waals surface area (Å²) < 4.78 is 5.46. The second kappa shape index (κ2) is 8.43. The van der Waals surface area contributed by atoms with Crippen molar-refractivity contribution in [2.24, 2.45) is 0 Å². The maximum Gasteiger partial charge on any atom is 0.410 e. The Bertz CT molecular complexity index is 1190. The van der Waals surface area contributed by atoms with Gasteiger partial charge in [-0.05, 0) is 30.2 Å². The molecule has 1 aromatic carbocycles. The van der Waals surface area contributed by atoms with E-state index >= 15 is 0 Å². The van der Waals surface area contributed by atoms with E-state index < -0.39 is 0 Å². The summed E-state index contributed by atoms with van der Waals surface area (Å²) in [6.07, 6.45) is 5.83. The molecule has 156 valence electrons. The molecule has 31 heavy (non-hydrogen) atoms. The van der Waals surface area contributed by atoms with Crippen LogP contribution in [-0.4, -0.2) is 50.1 Å². The van der Waals surface area contributed by atoms with Gasteiger partial charge in [0.15, 0.2) is 5.65 Å². The van der Waals surface area contributed by atoms with Crippen LogP contribution in [0, 0.1) is 0 Å². The Morgan fingerprint density at radius 3 is 2.97 bits per heavy atom. The number of nitrogens with one attached hydrogen (secondary N) is 2. The van der Waals surface area contributed by atoms with Crippen molar-refractivity contribution in [1.82, 2.24) is 24.8 Å². The van der Waals surface area contributed by atoms with Gasteiger partial charge in [-0.15, -0.1) is 0 Å². The first kappa shape index (κ1) is 19.0. The van der Waals surface area contributed by atoms with Crippen molar-refractivity contribution in [3.63, 3.8) is 0 Å². The molecule has 0 spiro atoms. The lowest BCUT2D eigenvalue weighted by Crippen LogP contribution is -2.32. The Morgan fingerprint density at radius 1 is 1.16 bits per heavy atom. The molecule has 0 saturated carbocycles.